The Kier molecular flexibility index (Phi) is 8.30. The van der Waals surface area contributed by atoms with Gasteiger partial charge >= 0.3 is 6.09 Å². The Balaban J connectivity index is 2.38. The topological polar surface area (TPSA) is 67.8 Å². The molecular weight excluding hydrogens is 318 g/mol. The maximum atomic E-state index is 11.4. The van der Waals surface area contributed by atoms with Crippen LogP contribution in [0.2, 0.25) is 0 Å². The summed E-state index contributed by atoms with van der Waals surface area (Å²) in [5.41, 5.74) is 0.440. The highest BCUT2D eigenvalue weighted by Crippen LogP contribution is 2.30. The smallest absolute Gasteiger partial charge is 0.419 e. The van der Waals surface area contributed by atoms with Crippen molar-refractivity contribution in [2.75, 3.05) is 7.11 Å². The van der Waals surface area contributed by atoms with Crippen molar-refractivity contribution in [3.8, 4) is 17.7 Å². The summed E-state index contributed by atoms with van der Waals surface area (Å²) in [6.45, 7) is 7.53. The first-order valence-electron chi connectivity index (χ1n) is 8.51. The molecule has 2 N–H and O–H groups in total. The lowest BCUT2D eigenvalue weighted by atomic mass is 9.92. The van der Waals surface area contributed by atoms with Crippen molar-refractivity contribution in [3.63, 3.8) is 0 Å². The number of hydrogen-bond donors (Lipinski definition) is 2. The molecule has 138 valence electrons. The van der Waals surface area contributed by atoms with Gasteiger partial charge in [-0.2, -0.15) is 0 Å². The molecule has 0 aliphatic carbocycles. The van der Waals surface area contributed by atoms with Crippen LogP contribution in [0, 0.1) is 17.9 Å². The number of aromatic hydroxyl groups is 1. The molecule has 1 aromatic carbocycles. The number of carbonyl (C=O) groups excluding carboxylic acids is 1. The number of phenols is 1. The highest BCUT2D eigenvalue weighted by atomic mass is 16.6. The third kappa shape index (κ3) is 8.46. The fraction of sp³-hybridized carbons (Fsp3) is 0.550. The predicted octanol–water partition coefficient (Wildman–Crippen LogP) is 4.37. The molecular formula is C20H29NO4. The summed E-state index contributed by atoms with van der Waals surface area (Å²) in [7, 11) is 1.68. The van der Waals surface area contributed by atoms with Crippen molar-refractivity contribution < 1.29 is 19.4 Å². The maximum Gasteiger partial charge on any atom is 0.419 e. The second kappa shape index (κ2) is 9.95. The van der Waals surface area contributed by atoms with Gasteiger partial charge in [-0.25, -0.2) is 10.1 Å². The van der Waals surface area contributed by atoms with E-state index >= 15 is 0 Å². The number of amides is 1. The molecule has 2 atom stereocenters. The minimum atomic E-state index is -0.531. The Labute approximate surface area is 150 Å². The van der Waals surface area contributed by atoms with Gasteiger partial charge < -0.3 is 14.6 Å². The number of rotatable bonds is 6. The summed E-state index contributed by atoms with van der Waals surface area (Å²) in [6.07, 6.45) is 1.89. The molecule has 0 bridgehead atoms. The minimum Gasteiger partial charge on any atom is -0.508 e. The van der Waals surface area contributed by atoms with Crippen LogP contribution in [0.25, 0.3) is 0 Å². The number of methoxy groups -OCH3 is 1. The van der Waals surface area contributed by atoms with Gasteiger partial charge in [-0.3, -0.25) is 0 Å². The van der Waals surface area contributed by atoms with Gasteiger partial charge in [-0.15, -0.1) is 0 Å². The van der Waals surface area contributed by atoms with Gasteiger partial charge in [0.05, 0.1) is 6.10 Å². The molecule has 0 aromatic heterocycles. The van der Waals surface area contributed by atoms with E-state index in [4.69, 9.17) is 9.47 Å². The zero-order valence-corrected chi connectivity index (χ0v) is 15.8. The number of unbranched alkanes of at least 4 members (excludes halogenated alkanes) is 1. The highest BCUT2D eigenvalue weighted by molar-refractivity contribution is 5.69. The Morgan fingerprint density at radius 1 is 1.36 bits per heavy atom. The largest absolute Gasteiger partial charge is 0.508 e. The second-order valence-corrected chi connectivity index (χ2v) is 7.05. The van der Waals surface area contributed by atoms with E-state index in [1.54, 1.807) is 40.0 Å². The van der Waals surface area contributed by atoms with Crippen LogP contribution in [0.1, 0.15) is 58.6 Å². The molecule has 0 fully saturated rings. The first kappa shape index (κ1) is 20.9. The number of benzene rings is 1. The van der Waals surface area contributed by atoms with Crippen molar-refractivity contribution in [3.05, 3.63) is 29.8 Å². The number of ether oxygens (including phenoxy) is 2. The number of nitrogens with one attached hydrogen (secondary N) is 1. The van der Waals surface area contributed by atoms with Crippen molar-refractivity contribution in [1.82, 2.24) is 5.32 Å². The number of carbonyl (C=O) groups is 1. The fourth-order valence-corrected chi connectivity index (χ4v) is 2.52. The lowest BCUT2D eigenvalue weighted by Gasteiger charge is -2.23. The average molecular weight is 347 g/mol. The Morgan fingerprint density at radius 3 is 2.68 bits per heavy atom. The fourth-order valence-electron chi connectivity index (χ4n) is 2.52. The van der Waals surface area contributed by atoms with Crippen LogP contribution >= 0.6 is 0 Å². The first-order chi connectivity index (χ1) is 11.7. The molecule has 0 aliphatic rings. The molecule has 1 amide bonds. The van der Waals surface area contributed by atoms with Crippen LogP contribution in [0.4, 0.5) is 4.79 Å². The van der Waals surface area contributed by atoms with Crippen molar-refractivity contribution >= 4 is 6.09 Å². The normalized spacial score (nSPS) is 13.3. The molecule has 1 aromatic rings. The average Bonchev–Trinajstić information content (AvgIpc) is 2.50. The lowest BCUT2D eigenvalue weighted by molar-refractivity contribution is 0.0539. The third-order valence-electron chi connectivity index (χ3n) is 3.58. The van der Waals surface area contributed by atoms with Crippen LogP contribution in [0.15, 0.2) is 24.3 Å². The van der Waals surface area contributed by atoms with Gasteiger partial charge in [0.15, 0.2) is 0 Å². The first-order valence-corrected chi connectivity index (χ1v) is 8.51. The molecule has 0 aliphatic heterocycles. The Morgan fingerprint density at radius 2 is 2.08 bits per heavy atom. The third-order valence-corrected chi connectivity index (χ3v) is 3.58. The van der Waals surface area contributed by atoms with Crippen molar-refractivity contribution in [1.29, 1.82) is 0 Å². The van der Waals surface area contributed by atoms with E-state index in [0.717, 1.165) is 18.4 Å². The Bertz CT molecular complexity index is 610. The van der Waals surface area contributed by atoms with Crippen LogP contribution < -0.4 is 5.32 Å². The summed E-state index contributed by atoms with van der Waals surface area (Å²) in [5, 5.41) is 12.0. The lowest BCUT2D eigenvalue weighted by Crippen LogP contribution is -2.29. The molecule has 0 spiro atoms. The van der Waals surface area contributed by atoms with Crippen molar-refractivity contribution in [2.24, 2.45) is 5.92 Å². The zero-order chi connectivity index (χ0) is 18.9. The number of phenolic OH excluding ortho intramolecular Hbond substituents is 1. The summed E-state index contributed by atoms with van der Waals surface area (Å²) in [6, 6.07) is 9.77. The van der Waals surface area contributed by atoms with E-state index in [0.29, 0.717) is 6.42 Å². The van der Waals surface area contributed by atoms with Crippen molar-refractivity contribution in [2.45, 2.75) is 58.7 Å². The van der Waals surface area contributed by atoms with Crippen LogP contribution in [-0.4, -0.2) is 23.9 Å². The summed E-state index contributed by atoms with van der Waals surface area (Å²) < 4.78 is 10.7. The molecule has 0 radical (unpaired) electrons. The van der Waals surface area contributed by atoms with E-state index < -0.39 is 11.7 Å². The second-order valence-electron chi connectivity index (χ2n) is 7.05. The predicted molar refractivity (Wildman–Crippen MR) is 98.0 cm³/mol. The SMILES string of the molecule is COC(c1cccc(O)c1)C(C)CCCC#CNC(=O)OC(C)(C)C. The molecule has 0 saturated carbocycles. The molecule has 2 unspecified atom stereocenters. The van der Waals surface area contributed by atoms with Gasteiger partial charge in [0.1, 0.15) is 11.4 Å². The molecule has 5 heteroatoms. The highest BCUT2D eigenvalue weighted by Gasteiger charge is 2.19. The molecule has 5 nitrogen and oxygen atoms in total. The summed E-state index contributed by atoms with van der Waals surface area (Å²) >= 11 is 0. The van der Waals surface area contributed by atoms with Gasteiger partial charge in [0.2, 0.25) is 0 Å². The van der Waals surface area contributed by atoms with Crippen LogP contribution in [-0.2, 0) is 9.47 Å². The Hall–Kier alpha value is -2.19. The standard InChI is InChI=1S/C20H29NO4/c1-15(18(24-5)16-11-9-12-17(22)14-16)10-7-6-8-13-21-19(23)25-20(2,3)4/h9,11-12,14-15,18,22H,6-7,10H2,1-5H3,(H,21,23). The maximum absolute atomic E-state index is 11.4. The van der Waals surface area contributed by atoms with E-state index in [9.17, 15) is 9.90 Å². The van der Waals surface area contributed by atoms with E-state index in [1.807, 2.05) is 12.1 Å². The van der Waals surface area contributed by atoms with Gasteiger partial charge in [-0.1, -0.05) is 25.0 Å². The zero-order valence-electron chi connectivity index (χ0n) is 15.8. The van der Waals surface area contributed by atoms with Gasteiger partial charge in [0, 0.05) is 19.6 Å². The number of hydrogen-bond acceptors (Lipinski definition) is 4. The van der Waals surface area contributed by atoms with Gasteiger partial charge in [0.25, 0.3) is 0 Å². The molecule has 0 heterocycles. The van der Waals surface area contributed by atoms with Crippen LogP contribution in [0.3, 0.4) is 0 Å². The van der Waals surface area contributed by atoms with Crippen LogP contribution in [0.5, 0.6) is 5.75 Å². The molecule has 25 heavy (non-hydrogen) atoms. The number of alkyl carbamates (subject to hydrolysis) is 1. The monoisotopic (exact) mass is 347 g/mol. The molecule has 0 saturated heterocycles. The van der Waals surface area contributed by atoms with Gasteiger partial charge in [-0.05, 0) is 57.2 Å². The van der Waals surface area contributed by atoms with E-state index in [1.165, 1.54) is 0 Å². The summed E-state index contributed by atoms with van der Waals surface area (Å²) in [4.78, 5) is 11.4. The van der Waals surface area contributed by atoms with E-state index in [2.05, 4.69) is 24.2 Å². The molecule has 1 rings (SSSR count). The summed E-state index contributed by atoms with van der Waals surface area (Å²) in [5.74, 6) is 3.45. The van der Waals surface area contributed by atoms with E-state index in [-0.39, 0.29) is 17.8 Å². The quantitative estimate of drug-likeness (QED) is 0.455. The minimum absolute atomic E-state index is 0.0695.